The predicted octanol–water partition coefficient (Wildman–Crippen LogP) is -0.269. The van der Waals surface area contributed by atoms with Crippen LogP contribution in [-0.4, -0.2) is 16.4 Å². The highest BCUT2D eigenvalue weighted by Crippen LogP contribution is 1.86. The minimum absolute atomic E-state index is 0.116. The minimum atomic E-state index is -0.537. The van der Waals surface area contributed by atoms with Crippen molar-refractivity contribution in [1.82, 2.24) is 0 Å². The first-order valence-corrected chi connectivity index (χ1v) is 2.40. The summed E-state index contributed by atoms with van der Waals surface area (Å²) in [6.45, 7) is 3.04. The van der Waals surface area contributed by atoms with Crippen LogP contribution in [0.3, 0.4) is 0 Å². The van der Waals surface area contributed by atoms with Crippen LogP contribution in [-0.2, 0) is 0 Å². The lowest BCUT2D eigenvalue weighted by atomic mass is 10.5. The Morgan fingerprint density at radius 3 is 2.20 bits per heavy atom. The number of hydrogen-bond acceptors (Lipinski definition) is 5. The van der Waals surface area contributed by atoms with E-state index < -0.39 is 11.8 Å². The van der Waals surface area contributed by atoms with Crippen LogP contribution in [0.1, 0.15) is 0 Å². The van der Waals surface area contributed by atoms with E-state index in [1.165, 1.54) is 0 Å². The average Bonchev–Trinajstić information content (AvgIpc) is 1.82. The molecule has 0 fully saturated rings. The van der Waals surface area contributed by atoms with E-state index in [4.69, 9.17) is 21.7 Å². The summed E-state index contributed by atoms with van der Waals surface area (Å²) < 4.78 is 0. The van der Waals surface area contributed by atoms with Crippen molar-refractivity contribution < 1.29 is 10.2 Å². The van der Waals surface area contributed by atoms with Gasteiger partial charge in [-0.3, -0.25) is 0 Å². The van der Waals surface area contributed by atoms with Gasteiger partial charge >= 0.3 is 0 Å². The summed E-state index contributed by atoms with van der Waals surface area (Å²) in [5, 5.41) is 16.9. The van der Waals surface area contributed by atoms with Crippen LogP contribution >= 0.6 is 0 Å². The molecule has 0 aliphatic carbocycles. The largest absolute Gasteiger partial charge is 0.494 e. The van der Waals surface area contributed by atoms with Crippen molar-refractivity contribution in [3.05, 3.63) is 24.0 Å². The molecule has 0 atom stereocenters. The smallest absolute Gasteiger partial charge is 0.207 e. The first kappa shape index (κ1) is 8.35. The average molecular weight is 143 g/mol. The molecule has 0 rings (SSSR count). The van der Waals surface area contributed by atoms with Gasteiger partial charge in [-0.1, -0.05) is 0 Å². The van der Waals surface area contributed by atoms with Crippen molar-refractivity contribution in [2.24, 2.45) is 16.5 Å². The second-order valence-corrected chi connectivity index (χ2v) is 1.52. The Hall–Kier alpha value is -1.65. The molecule has 6 N–H and O–H groups in total. The Balaban J connectivity index is 4.16. The number of aliphatic hydroxyl groups is 2. The number of rotatable bonds is 2. The van der Waals surface area contributed by atoms with E-state index in [2.05, 4.69) is 11.6 Å². The fourth-order valence-corrected chi connectivity index (χ4v) is 0.210. The van der Waals surface area contributed by atoms with Gasteiger partial charge in [-0.05, 0) is 6.58 Å². The van der Waals surface area contributed by atoms with Crippen LogP contribution < -0.4 is 11.5 Å². The first-order chi connectivity index (χ1) is 4.54. The van der Waals surface area contributed by atoms with Crippen LogP contribution in [0.2, 0.25) is 0 Å². The highest BCUT2D eigenvalue weighted by Gasteiger charge is 1.89. The summed E-state index contributed by atoms with van der Waals surface area (Å²) in [6, 6.07) is 0. The minimum Gasteiger partial charge on any atom is -0.494 e. The van der Waals surface area contributed by atoms with Crippen molar-refractivity contribution in [3.63, 3.8) is 0 Å². The third kappa shape index (κ3) is 3.36. The van der Waals surface area contributed by atoms with Gasteiger partial charge in [0.1, 0.15) is 5.70 Å². The molecule has 5 heteroatoms. The summed E-state index contributed by atoms with van der Waals surface area (Å²) in [5.74, 6) is -0.936. The van der Waals surface area contributed by atoms with Crippen molar-refractivity contribution in [3.8, 4) is 0 Å². The third-order valence-electron chi connectivity index (χ3n) is 0.648. The van der Waals surface area contributed by atoms with E-state index in [1.807, 2.05) is 0 Å². The molecular formula is C5H9N3O2. The first-order valence-electron chi connectivity index (χ1n) is 2.40. The Kier molecular flexibility index (Phi) is 2.83. The van der Waals surface area contributed by atoms with Crippen LogP contribution in [0.15, 0.2) is 29.0 Å². The van der Waals surface area contributed by atoms with E-state index in [9.17, 15) is 0 Å². The maximum atomic E-state index is 8.46. The van der Waals surface area contributed by atoms with Gasteiger partial charge in [-0.15, -0.1) is 0 Å². The molecule has 0 bridgehead atoms. The van der Waals surface area contributed by atoms with E-state index in [1.54, 1.807) is 0 Å². The second kappa shape index (κ2) is 3.39. The summed E-state index contributed by atoms with van der Waals surface area (Å²) in [7, 11) is 0. The molecule has 0 heterocycles. The number of nitrogens with two attached hydrogens (primary N) is 2. The number of allylic oxidation sites excluding steroid dienone is 1. The molecule has 0 spiro atoms. The molecule has 0 aliphatic heterocycles. The third-order valence-corrected chi connectivity index (χ3v) is 0.648. The summed E-state index contributed by atoms with van der Waals surface area (Å²) in [4.78, 5) is 3.26. The molecule has 0 unspecified atom stereocenters. The van der Waals surface area contributed by atoms with Crippen molar-refractivity contribution in [1.29, 1.82) is 0 Å². The maximum absolute atomic E-state index is 8.46. The predicted molar refractivity (Wildman–Crippen MR) is 38.3 cm³/mol. The zero-order valence-corrected chi connectivity index (χ0v) is 5.28. The Morgan fingerprint density at radius 2 is 1.90 bits per heavy atom. The molecule has 0 aromatic rings. The Bertz CT molecular complexity index is 191. The molecule has 0 amide bonds. The Morgan fingerprint density at radius 1 is 1.40 bits per heavy atom. The lowest BCUT2D eigenvalue weighted by Gasteiger charge is -1.92. The van der Waals surface area contributed by atoms with Crippen molar-refractivity contribution in [2.75, 3.05) is 0 Å². The van der Waals surface area contributed by atoms with Gasteiger partial charge in [0.05, 0.1) is 6.21 Å². The molecule has 56 valence electrons. The fraction of sp³-hybridized carbons (Fsp3) is 0. The molecule has 0 radical (unpaired) electrons. The number of hydrogen-bond donors (Lipinski definition) is 4. The Labute approximate surface area is 58.0 Å². The summed E-state index contributed by atoms with van der Waals surface area (Å²) in [6.07, 6.45) is 0.998. The highest BCUT2D eigenvalue weighted by molar-refractivity contribution is 5.78. The van der Waals surface area contributed by atoms with Crippen LogP contribution in [0, 0.1) is 0 Å². The SMILES string of the molecule is C=C(O)/N=C\C(N)=C(/N)O. The zero-order valence-electron chi connectivity index (χ0n) is 5.28. The van der Waals surface area contributed by atoms with E-state index in [0.717, 1.165) is 6.21 Å². The normalized spacial score (nSPS) is 13.2. The van der Waals surface area contributed by atoms with Crippen LogP contribution in [0.25, 0.3) is 0 Å². The van der Waals surface area contributed by atoms with E-state index >= 15 is 0 Å². The lowest BCUT2D eigenvalue weighted by molar-refractivity contribution is 0.400. The monoisotopic (exact) mass is 143 g/mol. The molecular weight excluding hydrogens is 134 g/mol. The quantitative estimate of drug-likeness (QED) is 0.315. The number of aliphatic imine (C=N–C) groups is 1. The van der Waals surface area contributed by atoms with E-state index in [-0.39, 0.29) is 5.70 Å². The van der Waals surface area contributed by atoms with Gasteiger partial charge in [0, 0.05) is 0 Å². The fourth-order valence-electron chi connectivity index (χ4n) is 0.210. The zero-order chi connectivity index (χ0) is 8.15. The van der Waals surface area contributed by atoms with Crippen molar-refractivity contribution >= 4 is 6.21 Å². The van der Waals surface area contributed by atoms with Crippen molar-refractivity contribution in [2.45, 2.75) is 0 Å². The number of nitrogens with zero attached hydrogens (tertiary/aromatic N) is 1. The maximum Gasteiger partial charge on any atom is 0.207 e. The van der Waals surface area contributed by atoms with Gasteiger partial charge in [-0.2, -0.15) is 0 Å². The summed E-state index contributed by atoms with van der Waals surface area (Å²) >= 11 is 0. The molecule has 5 nitrogen and oxygen atoms in total. The van der Waals surface area contributed by atoms with Gasteiger partial charge in [0.2, 0.25) is 11.8 Å². The van der Waals surface area contributed by atoms with Gasteiger partial charge in [0.15, 0.2) is 0 Å². The van der Waals surface area contributed by atoms with Gasteiger partial charge < -0.3 is 21.7 Å². The molecule has 0 saturated heterocycles. The number of aliphatic hydroxyl groups excluding tert-OH is 2. The van der Waals surface area contributed by atoms with Gasteiger partial charge in [-0.25, -0.2) is 4.99 Å². The van der Waals surface area contributed by atoms with Gasteiger partial charge in [0.25, 0.3) is 0 Å². The molecule has 0 aliphatic rings. The summed E-state index contributed by atoms with van der Waals surface area (Å²) in [5.41, 5.74) is 9.78. The molecule has 0 saturated carbocycles. The lowest BCUT2D eigenvalue weighted by Crippen LogP contribution is -2.09. The molecule has 0 aromatic carbocycles. The van der Waals surface area contributed by atoms with E-state index in [0.29, 0.717) is 0 Å². The second-order valence-electron chi connectivity index (χ2n) is 1.52. The highest BCUT2D eigenvalue weighted by atomic mass is 16.3. The molecule has 10 heavy (non-hydrogen) atoms. The standard InChI is InChI=1S/C5H9N3O2/c1-3(9)8-2-4(6)5(7)10/h2,9-10H,1,6-7H2/b5-4-,8-2-. The van der Waals surface area contributed by atoms with Crippen LogP contribution in [0.5, 0.6) is 0 Å². The molecule has 0 aromatic heterocycles. The topological polar surface area (TPSA) is 105 Å². The van der Waals surface area contributed by atoms with Crippen LogP contribution in [0.4, 0.5) is 0 Å².